The zero-order valence-corrected chi connectivity index (χ0v) is 17.1. The molecule has 6 nitrogen and oxygen atoms in total. The Kier molecular flexibility index (Phi) is 5.31. The number of nitrogens with zero attached hydrogens (tertiary/aromatic N) is 2. The number of aryl methyl sites for hydroxylation is 1. The Morgan fingerprint density at radius 2 is 2.14 bits per heavy atom. The highest BCUT2D eigenvalue weighted by Gasteiger charge is 2.42. The lowest BCUT2D eigenvalue weighted by Crippen LogP contribution is -2.29. The molecule has 7 heteroatoms. The normalized spacial score (nSPS) is 18.6. The summed E-state index contributed by atoms with van der Waals surface area (Å²) in [5, 5.41) is 6.93. The fraction of sp³-hybridized carbons (Fsp3) is 0.227. The van der Waals surface area contributed by atoms with Crippen molar-refractivity contribution in [2.45, 2.75) is 32.4 Å². The molecule has 0 radical (unpaired) electrons. The molecule has 0 spiro atoms. The van der Waals surface area contributed by atoms with Crippen LogP contribution in [0, 0.1) is 6.92 Å². The first kappa shape index (κ1) is 19.1. The summed E-state index contributed by atoms with van der Waals surface area (Å²) >= 11 is 5.69. The number of anilines is 2. The molecule has 1 amide bonds. The summed E-state index contributed by atoms with van der Waals surface area (Å²) in [5.74, 6) is 0.789. The van der Waals surface area contributed by atoms with E-state index in [0.717, 1.165) is 28.4 Å². The van der Waals surface area contributed by atoms with E-state index in [-0.39, 0.29) is 18.0 Å². The van der Waals surface area contributed by atoms with Gasteiger partial charge in [0, 0.05) is 24.0 Å². The number of amides is 1. The first-order valence-corrected chi connectivity index (χ1v) is 9.94. The number of hydrogen-bond donors (Lipinski definition) is 2. The topological polar surface area (TPSA) is 70.4 Å². The van der Waals surface area contributed by atoms with Crippen LogP contribution in [0.3, 0.4) is 0 Å². The van der Waals surface area contributed by atoms with Crippen molar-refractivity contribution in [3.8, 4) is 0 Å². The summed E-state index contributed by atoms with van der Waals surface area (Å²) in [5.41, 5.74) is 3.58. The lowest BCUT2D eigenvalue weighted by Gasteiger charge is -2.26. The van der Waals surface area contributed by atoms with Crippen LogP contribution in [0.1, 0.15) is 42.4 Å². The Labute approximate surface area is 174 Å². The molecule has 2 N–H and O–H groups in total. The Morgan fingerprint density at radius 3 is 2.79 bits per heavy atom. The number of thiocarbonyl (C=S) groups is 1. The van der Waals surface area contributed by atoms with E-state index in [2.05, 4.69) is 15.6 Å². The van der Waals surface area contributed by atoms with E-state index in [1.807, 2.05) is 67.3 Å². The van der Waals surface area contributed by atoms with Gasteiger partial charge in [-0.3, -0.25) is 9.78 Å². The highest BCUT2D eigenvalue weighted by atomic mass is 32.1. The second kappa shape index (κ2) is 8.05. The summed E-state index contributed by atoms with van der Waals surface area (Å²) in [6.07, 6.45) is 3.88. The number of nitrogens with one attached hydrogen (secondary N) is 2. The maximum Gasteiger partial charge on any atom is 0.224 e. The van der Waals surface area contributed by atoms with E-state index >= 15 is 0 Å². The van der Waals surface area contributed by atoms with Gasteiger partial charge in [0.05, 0.1) is 18.0 Å². The van der Waals surface area contributed by atoms with E-state index in [1.165, 1.54) is 0 Å². The summed E-state index contributed by atoms with van der Waals surface area (Å²) in [7, 11) is 0. The minimum Gasteiger partial charge on any atom is -0.467 e. The van der Waals surface area contributed by atoms with Crippen molar-refractivity contribution in [2.75, 3.05) is 10.2 Å². The van der Waals surface area contributed by atoms with E-state index < -0.39 is 0 Å². The molecule has 2 aromatic heterocycles. The van der Waals surface area contributed by atoms with Gasteiger partial charge in [-0.1, -0.05) is 13.0 Å². The van der Waals surface area contributed by atoms with Crippen LogP contribution in [0.2, 0.25) is 0 Å². The predicted octanol–water partition coefficient (Wildman–Crippen LogP) is 4.51. The van der Waals surface area contributed by atoms with Crippen molar-refractivity contribution >= 4 is 34.6 Å². The molecule has 1 fully saturated rings. The predicted molar refractivity (Wildman–Crippen MR) is 117 cm³/mol. The maximum absolute atomic E-state index is 11.8. The number of furan rings is 1. The number of carbonyl (C=O) groups is 1. The average Bonchev–Trinajstić information content (AvgIpc) is 3.37. The van der Waals surface area contributed by atoms with Crippen LogP contribution >= 0.6 is 12.2 Å². The van der Waals surface area contributed by atoms with E-state index in [0.29, 0.717) is 11.5 Å². The Hall–Kier alpha value is -3.19. The van der Waals surface area contributed by atoms with E-state index in [9.17, 15) is 4.79 Å². The molecule has 29 heavy (non-hydrogen) atoms. The van der Waals surface area contributed by atoms with Gasteiger partial charge in [0.2, 0.25) is 5.91 Å². The first-order valence-electron chi connectivity index (χ1n) is 9.53. The molecule has 0 unspecified atom stereocenters. The van der Waals surface area contributed by atoms with Crippen molar-refractivity contribution in [2.24, 2.45) is 0 Å². The number of rotatable bonds is 5. The van der Waals surface area contributed by atoms with Gasteiger partial charge in [-0.15, -0.1) is 0 Å². The summed E-state index contributed by atoms with van der Waals surface area (Å²) < 4.78 is 5.76. The molecule has 2 atom stereocenters. The van der Waals surface area contributed by atoms with Crippen molar-refractivity contribution in [3.05, 3.63) is 78.0 Å². The van der Waals surface area contributed by atoms with Crippen LogP contribution in [0.4, 0.5) is 11.4 Å². The van der Waals surface area contributed by atoms with Gasteiger partial charge >= 0.3 is 0 Å². The van der Waals surface area contributed by atoms with Crippen LogP contribution in [-0.2, 0) is 4.79 Å². The zero-order valence-electron chi connectivity index (χ0n) is 16.3. The molecule has 4 rings (SSSR count). The number of benzene rings is 1. The van der Waals surface area contributed by atoms with Gasteiger partial charge in [-0.2, -0.15) is 0 Å². The van der Waals surface area contributed by atoms with Crippen molar-refractivity contribution in [1.82, 2.24) is 10.3 Å². The van der Waals surface area contributed by atoms with E-state index in [1.54, 1.807) is 12.5 Å². The fourth-order valence-corrected chi connectivity index (χ4v) is 3.90. The molecule has 0 bridgehead atoms. The van der Waals surface area contributed by atoms with Crippen molar-refractivity contribution in [1.29, 1.82) is 0 Å². The van der Waals surface area contributed by atoms with E-state index in [4.69, 9.17) is 16.6 Å². The largest absolute Gasteiger partial charge is 0.467 e. The fourth-order valence-electron chi connectivity index (χ4n) is 3.56. The lowest BCUT2D eigenvalue weighted by molar-refractivity contribution is -0.115. The average molecular weight is 407 g/mol. The highest BCUT2D eigenvalue weighted by Crippen LogP contribution is 2.42. The van der Waals surface area contributed by atoms with Gasteiger partial charge in [0.15, 0.2) is 5.11 Å². The molecule has 3 aromatic rings. The number of carbonyl (C=O) groups excluding carboxylic acids is 1. The molecule has 1 aliphatic rings. The molecular formula is C22H22N4O2S. The number of pyridine rings is 1. The molecule has 1 aliphatic heterocycles. The summed E-state index contributed by atoms with van der Waals surface area (Å²) in [4.78, 5) is 18.3. The smallest absolute Gasteiger partial charge is 0.224 e. The van der Waals surface area contributed by atoms with Gasteiger partial charge < -0.3 is 20.0 Å². The molecule has 0 aliphatic carbocycles. The molecule has 148 valence electrons. The van der Waals surface area contributed by atoms with Crippen molar-refractivity contribution in [3.63, 3.8) is 0 Å². The zero-order chi connectivity index (χ0) is 20.4. The van der Waals surface area contributed by atoms with Crippen LogP contribution in [-0.4, -0.2) is 16.0 Å². The van der Waals surface area contributed by atoms with Crippen molar-refractivity contribution < 1.29 is 9.21 Å². The van der Waals surface area contributed by atoms with Gasteiger partial charge in [-0.05, 0) is 67.2 Å². The lowest BCUT2D eigenvalue weighted by atomic mass is 10.0. The monoisotopic (exact) mass is 406 g/mol. The Balaban J connectivity index is 1.73. The first-order chi connectivity index (χ1) is 14.1. The molecule has 3 heterocycles. The van der Waals surface area contributed by atoms with Gasteiger partial charge in [0.25, 0.3) is 0 Å². The third-order valence-corrected chi connectivity index (χ3v) is 5.33. The standard InChI is InChI=1S/C22H22N4O2S/c1-3-19(27)24-16-10-9-15(13-14(16)2)26-21(18-8-6-12-28-18)20(25-22(26)29)17-7-4-5-11-23-17/h4-13,20-21H,3H2,1-2H3,(H,24,27)(H,25,29)/t20-,21+/m0/s1. The third-order valence-electron chi connectivity index (χ3n) is 5.02. The SMILES string of the molecule is CCC(=O)Nc1ccc(N2C(=S)N[C@@H](c3ccccn3)[C@H]2c2ccco2)cc1C. The minimum atomic E-state index is -0.178. The van der Waals surface area contributed by atoms with Crippen LogP contribution in [0.5, 0.6) is 0 Å². The number of hydrogen-bond acceptors (Lipinski definition) is 4. The van der Waals surface area contributed by atoms with Crippen LogP contribution in [0.15, 0.2) is 65.4 Å². The molecule has 1 aromatic carbocycles. The van der Waals surface area contributed by atoms with Crippen LogP contribution < -0.4 is 15.5 Å². The number of aromatic nitrogens is 1. The Bertz CT molecular complexity index is 1020. The minimum absolute atomic E-state index is 0.0112. The molecular weight excluding hydrogens is 384 g/mol. The second-order valence-electron chi connectivity index (χ2n) is 6.91. The third kappa shape index (κ3) is 3.73. The van der Waals surface area contributed by atoms with Crippen LogP contribution in [0.25, 0.3) is 0 Å². The molecule has 0 saturated carbocycles. The van der Waals surface area contributed by atoms with Gasteiger partial charge in [-0.25, -0.2) is 0 Å². The highest BCUT2D eigenvalue weighted by molar-refractivity contribution is 7.80. The quantitative estimate of drug-likeness (QED) is 0.608. The Morgan fingerprint density at radius 1 is 1.28 bits per heavy atom. The second-order valence-corrected chi connectivity index (χ2v) is 7.30. The maximum atomic E-state index is 11.8. The van der Waals surface area contributed by atoms with Gasteiger partial charge in [0.1, 0.15) is 11.8 Å². The molecule has 1 saturated heterocycles. The summed E-state index contributed by atoms with van der Waals surface area (Å²) in [6.45, 7) is 3.80. The summed E-state index contributed by atoms with van der Waals surface area (Å²) in [6, 6.07) is 15.2.